The molecule has 16 heavy (non-hydrogen) atoms. The molecular formula is C11H13N3OS. The molecular weight excluding hydrogens is 222 g/mol. The lowest BCUT2D eigenvalue weighted by molar-refractivity contribution is 0.570. The van der Waals surface area contributed by atoms with Crippen molar-refractivity contribution < 1.29 is 4.42 Å². The summed E-state index contributed by atoms with van der Waals surface area (Å²) in [7, 11) is 0. The third kappa shape index (κ3) is 2.01. The molecule has 2 heterocycles. The Morgan fingerprint density at radius 3 is 3.06 bits per heavy atom. The fraction of sp³-hybridized carbons (Fsp3) is 0.455. The number of hydrogen-bond acceptors (Lipinski definition) is 5. The summed E-state index contributed by atoms with van der Waals surface area (Å²) in [4.78, 5) is 9.54. The van der Waals surface area contributed by atoms with Crippen molar-refractivity contribution in [1.29, 1.82) is 0 Å². The lowest BCUT2D eigenvalue weighted by atomic mass is 10.3. The first-order valence-corrected chi connectivity index (χ1v) is 6.23. The van der Waals surface area contributed by atoms with Crippen LogP contribution in [-0.4, -0.2) is 16.0 Å². The van der Waals surface area contributed by atoms with Crippen LogP contribution in [0.25, 0.3) is 10.6 Å². The lowest BCUT2D eigenvalue weighted by Gasteiger charge is -2.00. The van der Waals surface area contributed by atoms with Gasteiger partial charge in [-0.15, -0.1) is 11.3 Å². The van der Waals surface area contributed by atoms with Crippen LogP contribution in [0.5, 0.6) is 0 Å². The van der Waals surface area contributed by atoms with Crippen LogP contribution in [-0.2, 0) is 6.54 Å². The summed E-state index contributed by atoms with van der Waals surface area (Å²) >= 11 is 1.64. The molecule has 0 atom stereocenters. The molecule has 1 saturated carbocycles. The van der Waals surface area contributed by atoms with Crippen molar-refractivity contribution in [3.63, 3.8) is 0 Å². The second kappa shape index (κ2) is 3.99. The normalized spacial score (nSPS) is 15.6. The van der Waals surface area contributed by atoms with Gasteiger partial charge in [0, 0.05) is 18.8 Å². The number of thiazole rings is 1. The molecule has 1 aliphatic rings. The minimum Gasteiger partial charge on any atom is -0.442 e. The van der Waals surface area contributed by atoms with Gasteiger partial charge in [0.2, 0.25) is 0 Å². The molecule has 0 saturated heterocycles. The summed E-state index contributed by atoms with van der Waals surface area (Å²) in [5.41, 5.74) is 0.982. The maximum atomic E-state index is 5.44. The Morgan fingerprint density at radius 1 is 1.50 bits per heavy atom. The summed E-state index contributed by atoms with van der Waals surface area (Å²) in [5.74, 6) is 0.860. The Bertz CT molecular complexity index is 487. The van der Waals surface area contributed by atoms with E-state index in [9.17, 15) is 0 Å². The molecule has 1 aliphatic carbocycles. The van der Waals surface area contributed by atoms with Gasteiger partial charge in [-0.2, -0.15) is 0 Å². The highest BCUT2D eigenvalue weighted by Gasteiger charge is 2.22. The van der Waals surface area contributed by atoms with Crippen molar-refractivity contribution in [2.45, 2.75) is 32.4 Å². The third-order valence-corrected chi connectivity index (χ3v) is 3.53. The van der Waals surface area contributed by atoms with Crippen LogP contribution in [0.1, 0.15) is 23.5 Å². The van der Waals surface area contributed by atoms with Crippen molar-refractivity contribution in [3.05, 3.63) is 23.3 Å². The minimum absolute atomic E-state index is 0.688. The summed E-state index contributed by atoms with van der Waals surface area (Å²) in [5, 5.41) is 4.49. The van der Waals surface area contributed by atoms with Gasteiger partial charge < -0.3 is 9.73 Å². The van der Waals surface area contributed by atoms with E-state index in [1.54, 1.807) is 11.3 Å². The topological polar surface area (TPSA) is 51.0 Å². The third-order valence-electron chi connectivity index (χ3n) is 2.62. The van der Waals surface area contributed by atoms with Gasteiger partial charge >= 0.3 is 0 Å². The van der Waals surface area contributed by atoms with E-state index in [0.717, 1.165) is 27.9 Å². The van der Waals surface area contributed by atoms with Gasteiger partial charge in [0.15, 0.2) is 12.2 Å². The minimum atomic E-state index is 0.688. The average molecular weight is 235 g/mol. The summed E-state index contributed by atoms with van der Waals surface area (Å²) in [6, 6.07) is 0.688. The molecule has 3 rings (SSSR count). The number of rotatable bonds is 4. The maximum absolute atomic E-state index is 5.44. The van der Waals surface area contributed by atoms with Crippen molar-refractivity contribution in [3.8, 4) is 10.6 Å². The Morgan fingerprint density at radius 2 is 2.38 bits per heavy atom. The largest absolute Gasteiger partial charge is 0.442 e. The highest BCUT2D eigenvalue weighted by Crippen LogP contribution is 2.29. The van der Waals surface area contributed by atoms with Crippen LogP contribution < -0.4 is 5.32 Å². The van der Waals surface area contributed by atoms with Crippen molar-refractivity contribution in [2.75, 3.05) is 0 Å². The first-order chi connectivity index (χ1) is 7.83. The summed E-state index contributed by atoms with van der Waals surface area (Å²) in [6.07, 6.45) is 5.93. The van der Waals surface area contributed by atoms with Crippen LogP contribution in [0, 0.1) is 6.92 Å². The van der Waals surface area contributed by atoms with E-state index in [0.29, 0.717) is 6.04 Å². The number of nitrogens with one attached hydrogen (secondary N) is 1. The van der Waals surface area contributed by atoms with Gasteiger partial charge in [0.1, 0.15) is 5.69 Å². The molecule has 2 aromatic heterocycles. The Labute approximate surface area is 97.7 Å². The number of nitrogens with zero attached hydrogens (tertiary/aromatic N) is 2. The van der Waals surface area contributed by atoms with E-state index in [-0.39, 0.29) is 0 Å². The van der Waals surface area contributed by atoms with Gasteiger partial charge in [-0.25, -0.2) is 9.97 Å². The monoisotopic (exact) mass is 235 g/mol. The molecule has 0 spiro atoms. The zero-order valence-electron chi connectivity index (χ0n) is 9.06. The number of oxazole rings is 1. The first kappa shape index (κ1) is 9.99. The van der Waals surface area contributed by atoms with Crippen molar-refractivity contribution >= 4 is 11.3 Å². The molecule has 0 aromatic carbocycles. The van der Waals surface area contributed by atoms with E-state index < -0.39 is 0 Å². The molecule has 2 aromatic rings. The fourth-order valence-electron chi connectivity index (χ4n) is 1.59. The second-order valence-corrected chi connectivity index (χ2v) is 5.26. The molecule has 0 amide bonds. The molecule has 4 nitrogen and oxygen atoms in total. The fourth-order valence-corrected chi connectivity index (χ4v) is 2.38. The van der Waals surface area contributed by atoms with E-state index >= 15 is 0 Å². The molecule has 84 valence electrons. The predicted octanol–water partition coefficient (Wildman–Crippen LogP) is 2.36. The lowest BCUT2D eigenvalue weighted by Crippen LogP contribution is -2.15. The van der Waals surface area contributed by atoms with Gasteiger partial charge in [0.25, 0.3) is 0 Å². The molecule has 1 N–H and O–H groups in total. The van der Waals surface area contributed by atoms with E-state index in [1.807, 2.05) is 13.1 Å². The zero-order valence-corrected chi connectivity index (χ0v) is 9.88. The maximum Gasteiger partial charge on any atom is 0.181 e. The molecule has 1 fully saturated rings. The van der Waals surface area contributed by atoms with E-state index in [1.165, 1.54) is 19.2 Å². The summed E-state index contributed by atoms with van der Waals surface area (Å²) in [6.45, 7) is 2.78. The Balaban J connectivity index is 1.80. The smallest absolute Gasteiger partial charge is 0.181 e. The Kier molecular flexibility index (Phi) is 2.49. The first-order valence-electron chi connectivity index (χ1n) is 5.41. The van der Waals surface area contributed by atoms with Crippen LogP contribution in [0.15, 0.2) is 17.0 Å². The molecule has 0 unspecified atom stereocenters. The standard InChI is InChI=1S/C11H13N3OS/c1-7-12-5-10(16-7)11-9(14-6-15-11)4-13-8-2-3-8/h5-6,8,13H,2-4H2,1H3. The van der Waals surface area contributed by atoms with E-state index in [2.05, 4.69) is 15.3 Å². The van der Waals surface area contributed by atoms with Crippen LogP contribution in [0.2, 0.25) is 0 Å². The zero-order chi connectivity index (χ0) is 11.0. The van der Waals surface area contributed by atoms with Crippen molar-refractivity contribution in [1.82, 2.24) is 15.3 Å². The Hall–Kier alpha value is -1.20. The van der Waals surface area contributed by atoms with Gasteiger partial charge in [-0.1, -0.05) is 0 Å². The van der Waals surface area contributed by atoms with Crippen molar-refractivity contribution in [2.24, 2.45) is 0 Å². The molecule has 0 aliphatic heterocycles. The molecule has 0 bridgehead atoms. The highest BCUT2D eigenvalue weighted by molar-refractivity contribution is 7.15. The van der Waals surface area contributed by atoms with Gasteiger partial charge in [-0.05, 0) is 19.8 Å². The van der Waals surface area contributed by atoms with Crippen LogP contribution in [0.3, 0.4) is 0 Å². The second-order valence-electron chi connectivity index (χ2n) is 4.03. The van der Waals surface area contributed by atoms with Crippen LogP contribution in [0.4, 0.5) is 0 Å². The molecule has 5 heteroatoms. The van der Waals surface area contributed by atoms with Crippen LogP contribution >= 0.6 is 11.3 Å². The molecule has 0 radical (unpaired) electrons. The summed E-state index contributed by atoms with van der Waals surface area (Å²) < 4.78 is 5.44. The number of aryl methyl sites for hydroxylation is 1. The van der Waals surface area contributed by atoms with Gasteiger partial charge in [0.05, 0.1) is 9.88 Å². The average Bonchev–Trinajstić information content (AvgIpc) is 2.82. The SMILES string of the molecule is Cc1ncc(-c2ocnc2CNC2CC2)s1. The predicted molar refractivity (Wildman–Crippen MR) is 62.2 cm³/mol. The number of hydrogen-bond donors (Lipinski definition) is 1. The quantitative estimate of drug-likeness (QED) is 0.883. The highest BCUT2D eigenvalue weighted by atomic mass is 32.1. The van der Waals surface area contributed by atoms with Gasteiger partial charge in [-0.3, -0.25) is 0 Å². The van der Waals surface area contributed by atoms with E-state index in [4.69, 9.17) is 4.42 Å². The number of aromatic nitrogens is 2.